The summed E-state index contributed by atoms with van der Waals surface area (Å²) in [5, 5.41) is 2.85. The molecule has 0 bridgehead atoms. The molecule has 98 valence electrons. The van der Waals surface area contributed by atoms with Crippen LogP contribution in [0.25, 0.3) is 0 Å². The number of nitrogens with two attached hydrogens (primary N) is 1. The number of amides is 1. The summed E-state index contributed by atoms with van der Waals surface area (Å²) >= 11 is 0. The van der Waals surface area contributed by atoms with Crippen LogP contribution in [-0.2, 0) is 4.79 Å². The highest BCUT2D eigenvalue weighted by Gasteiger charge is 2.31. The zero-order chi connectivity index (χ0) is 13.2. The molecule has 18 heavy (non-hydrogen) atoms. The molecule has 0 unspecified atom stereocenters. The lowest BCUT2D eigenvalue weighted by atomic mass is 9.94. The fourth-order valence-electron chi connectivity index (χ4n) is 2.67. The highest BCUT2D eigenvalue weighted by molar-refractivity contribution is 5.90. The van der Waals surface area contributed by atoms with Crippen LogP contribution in [0.4, 0.5) is 5.82 Å². The lowest BCUT2D eigenvalue weighted by Gasteiger charge is -2.22. The SMILES string of the molecule is Cc1cc(C)nc(NC(=O)CC2(N)CCCC2)c1. The van der Waals surface area contributed by atoms with Crippen LogP contribution in [-0.4, -0.2) is 16.4 Å². The van der Waals surface area contributed by atoms with E-state index in [2.05, 4.69) is 10.3 Å². The molecule has 0 saturated heterocycles. The summed E-state index contributed by atoms with van der Waals surface area (Å²) in [5.74, 6) is 0.594. The summed E-state index contributed by atoms with van der Waals surface area (Å²) in [5.41, 5.74) is 7.90. The van der Waals surface area contributed by atoms with Crippen molar-refractivity contribution in [3.63, 3.8) is 0 Å². The Labute approximate surface area is 108 Å². The van der Waals surface area contributed by atoms with E-state index >= 15 is 0 Å². The van der Waals surface area contributed by atoms with Crippen molar-refractivity contribution in [1.82, 2.24) is 4.98 Å². The number of nitrogens with zero attached hydrogens (tertiary/aromatic N) is 1. The van der Waals surface area contributed by atoms with Crippen LogP contribution in [0.3, 0.4) is 0 Å². The van der Waals surface area contributed by atoms with E-state index in [-0.39, 0.29) is 11.4 Å². The molecule has 4 heteroatoms. The van der Waals surface area contributed by atoms with Crippen molar-refractivity contribution in [2.24, 2.45) is 5.73 Å². The molecule has 1 heterocycles. The monoisotopic (exact) mass is 247 g/mol. The molecule has 3 N–H and O–H groups in total. The van der Waals surface area contributed by atoms with Crippen molar-refractivity contribution >= 4 is 11.7 Å². The zero-order valence-corrected chi connectivity index (χ0v) is 11.1. The van der Waals surface area contributed by atoms with E-state index in [0.717, 1.165) is 36.9 Å². The molecule has 0 aromatic carbocycles. The summed E-state index contributed by atoms with van der Waals surface area (Å²) in [6.07, 6.45) is 4.54. The van der Waals surface area contributed by atoms with Gasteiger partial charge in [0.25, 0.3) is 0 Å². The maximum Gasteiger partial charge on any atom is 0.227 e. The van der Waals surface area contributed by atoms with Crippen molar-refractivity contribution in [3.05, 3.63) is 23.4 Å². The number of rotatable bonds is 3. The third kappa shape index (κ3) is 3.29. The van der Waals surface area contributed by atoms with Crippen molar-refractivity contribution < 1.29 is 4.79 Å². The van der Waals surface area contributed by atoms with E-state index in [9.17, 15) is 4.79 Å². The number of aryl methyl sites for hydroxylation is 2. The Morgan fingerprint density at radius 3 is 2.67 bits per heavy atom. The normalized spacial score (nSPS) is 17.7. The quantitative estimate of drug-likeness (QED) is 0.861. The number of hydrogen-bond acceptors (Lipinski definition) is 3. The van der Waals surface area contributed by atoms with Gasteiger partial charge < -0.3 is 11.1 Å². The van der Waals surface area contributed by atoms with Gasteiger partial charge in [-0.25, -0.2) is 4.98 Å². The highest BCUT2D eigenvalue weighted by Crippen LogP contribution is 2.30. The molecule has 0 spiro atoms. The zero-order valence-electron chi connectivity index (χ0n) is 11.1. The number of nitrogens with one attached hydrogen (secondary N) is 1. The smallest absolute Gasteiger partial charge is 0.227 e. The first-order chi connectivity index (χ1) is 8.47. The predicted octanol–water partition coefficient (Wildman–Crippen LogP) is 2.30. The van der Waals surface area contributed by atoms with Gasteiger partial charge in [0.15, 0.2) is 0 Å². The van der Waals surface area contributed by atoms with Crippen molar-refractivity contribution in [2.75, 3.05) is 5.32 Å². The number of carbonyl (C=O) groups excluding carboxylic acids is 1. The second-order valence-corrected chi connectivity index (χ2v) is 5.47. The maximum absolute atomic E-state index is 12.0. The Kier molecular flexibility index (Phi) is 3.66. The van der Waals surface area contributed by atoms with Crippen LogP contribution in [0.5, 0.6) is 0 Å². The molecule has 0 aliphatic heterocycles. The number of aromatic nitrogens is 1. The molecule has 0 radical (unpaired) electrons. The number of anilines is 1. The molecule has 1 aliphatic carbocycles. The lowest BCUT2D eigenvalue weighted by Crippen LogP contribution is -2.40. The van der Waals surface area contributed by atoms with Gasteiger partial charge in [0.2, 0.25) is 5.91 Å². The van der Waals surface area contributed by atoms with E-state index in [0.29, 0.717) is 12.2 Å². The molecule has 1 fully saturated rings. The Bertz CT molecular complexity index is 430. The summed E-state index contributed by atoms with van der Waals surface area (Å²) in [7, 11) is 0. The minimum absolute atomic E-state index is 0.0306. The third-order valence-corrected chi connectivity index (χ3v) is 3.48. The van der Waals surface area contributed by atoms with Crippen molar-refractivity contribution in [3.8, 4) is 0 Å². The van der Waals surface area contributed by atoms with Gasteiger partial charge in [-0.05, 0) is 44.4 Å². The van der Waals surface area contributed by atoms with Crippen LogP contribution >= 0.6 is 0 Å². The molecule has 1 aromatic rings. The summed E-state index contributed by atoms with van der Waals surface area (Å²) in [6, 6.07) is 3.86. The first kappa shape index (κ1) is 13.0. The lowest BCUT2D eigenvalue weighted by molar-refractivity contribution is -0.117. The fourth-order valence-corrected chi connectivity index (χ4v) is 2.67. The van der Waals surface area contributed by atoms with Gasteiger partial charge in [-0.15, -0.1) is 0 Å². The average Bonchev–Trinajstić information content (AvgIpc) is 2.62. The van der Waals surface area contributed by atoms with E-state index in [1.807, 2.05) is 26.0 Å². The minimum atomic E-state index is -0.303. The largest absolute Gasteiger partial charge is 0.325 e. The molecule has 2 rings (SSSR count). The van der Waals surface area contributed by atoms with Gasteiger partial charge in [0.05, 0.1) is 0 Å². The maximum atomic E-state index is 12.0. The van der Waals surface area contributed by atoms with Gasteiger partial charge in [-0.3, -0.25) is 4.79 Å². The molecular weight excluding hydrogens is 226 g/mol. The molecule has 1 amide bonds. The second-order valence-electron chi connectivity index (χ2n) is 5.47. The Hall–Kier alpha value is -1.42. The van der Waals surface area contributed by atoms with E-state index in [1.165, 1.54) is 0 Å². The van der Waals surface area contributed by atoms with Crippen LogP contribution < -0.4 is 11.1 Å². The summed E-state index contributed by atoms with van der Waals surface area (Å²) < 4.78 is 0. The molecule has 1 aliphatic rings. The first-order valence-electron chi connectivity index (χ1n) is 6.51. The van der Waals surface area contributed by atoms with E-state index in [4.69, 9.17) is 5.73 Å². The summed E-state index contributed by atoms with van der Waals surface area (Å²) in [6.45, 7) is 3.91. The van der Waals surface area contributed by atoms with Crippen LogP contribution in [0.1, 0.15) is 43.4 Å². The first-order valence-corrected chi connectivity index (χ1v) is 6.51. The number of carbonyl (C=O) groups is 1. The molecule has 1 saturated carbocycles. The van der Waals surface area contributed by atoms with Crippen LogP contribution in [0, 0.1) is 13.8 Å². The van der Waals surface area contributed by atoms with Gasteiger partial charge in [0, 0.05) is 17.7 Å². The average molecular weight is 247 g/mol. The summed E-state index contributed by atoms with van der Waals surface area (Å²) in [4.78, 5) is 16.3. The van der Waals surface area contributed by atoms with E-state index < -0.39 is 0 Å². The third-order valence-electron chi connectivity index (χ3n) is 3.48. The van der Waals surface area contributed by atoms with Gasteiger partial charge in [-0.2, -0.15) is 0 Å². The molecular formula is C14H21N3O. The van der Waals surface area contributed by atoms with Gasteiger partial charge >= 0.3 is 0 Å². The standard InChI is InChI=1S/C14H21N3O/c1-10-7-11(2)16-12(8-10)17-13(18)9-14(15)5-3-4-6-14/h7-8H,3-6,9,15H2,1-2H3,(H,16,17,18). The van der Waals surface area contributed by atoms with Crippen molar-refractivity contribution in [2.45, 2.75) is 51.5 Å². The Morgan fingerprint density at radius 2 is 2.06 bits per heavy atom. The van der Waals surface area contributed by atoms with Crippen molar-refractivity contribution in [1.29, 1.82) is 0 Å². The topological polar surface area (TPSA) is 68.0 Å². The van der Waals surface area contributed by atoms with Crippen LogP contribution in [0.2, 0.25) is 0 Å². The van der Waals surface area contributed by atoms with Gasteiger partial charge in [0.1, 0.15) is 5.82 Å². The molecule has 1 aromatic heterocycles. The van der Waals surface area contributed by atoms with Crippen LogP contribution in [0.15, 0.2) is 12.1 Å². The number of hydrogen-bond donors (Lipinski definition) is 2. The Balaban J connectivity index is 1.98. The second kappa shape index (κ2) is 5.06. The predicted molar refractivity (Wildman–Crippen MR) is 72.3 cm³/mol. The van der Waals surface area contributed by atoms with E-state index in [1.54, 1.807) is 0 Å². The fraction of sp³-hybridized carbons (Fsp3) is 0.571. The van der Waals surface area contributed by atoms with Gasteiger partial charge in [-0.1, -0.05) is 12.8 Å². The Morgan fingerprint density at radius 1 is 1.39 bits per heavy atom. The molecule has 0 atom stereocenters. The minimum Gasteiger partial charge on any atom is -0.325 e. The number of pyridine rings is 1. The molecule has 4 nitrogen and oxygen atoms in total. The highest BCUT2D eigenvalue weighted by atomic mass is 16.1.